The zero-order valence-corrected chi connectivity index (χ0v) is 16.3. The number of nitrogens with zero attached hydrogens (tertiary/aromatic N) is 1. The van der Waals surface area contributed by atoms with Crippen molar-refractivity contribution in [3.8, 4) is 5.75 Å². The molecule has 0 spiro atoms. The van der Waals surface area contributed by atoms with Crippen molar-refractivity contribution in [2.75, 3.05) is 18.4 Å². The van der Waals surface area contributed by atoms with Crippen molar-refractivity contribution in [2.45, 2.75) is 45.3 Å². The van der Waals surface area contributed by atoms with Crippen molar-refractivity contribution in [3.63, 3.8) is 0 Å². The van der Waals surface area contributed by atoms with Crippen molar-refractivity contribution < 1.29 is 24.2 Å². The van der Waals surface area contributed by atoms with Crippen molar-refractivity contribution in [1.29, 1.82) is 0 Å². The van der Waals surface area contributed by atoms with E-state index in [0.29, 0.717) is 49.4 Å². The smallest absolute Gasteiger partial charge is 0.320 e. The lowest BCUT2D eigenvalue weighted by molar-refractivity contribution is -0.144. The molecule has 1 saturated heterocycles. The van der Waals surface area contributed by atoms with Gasteiger partial charge in [0.2, 0.25) is 0 Å². The number of ether oxygens (including phenoxy) is 1. The van der Waals surface area contributed by atoms with Crippen molar-refractivity contribution >= 4 is 35.8 Å². The number of carbonyl (C=O) groups excluding carboxylic acids is 2. The van der Waals surface area contributed by atoms with Crippen LogP contribution in [0.4, 0.5) is 5.69 Å². The fourth-order valence-electron chi connectivity index (χ4n) is 3.66. The molecule has 1 aromatic carbocycles. The number of amides is 1. The topological polar surface area (TPSA) is 95.9 Å². The van der Waals surface area contributed by atoms with Crippen LogP contribution in [0, 0.1) is 5.92 Å². The Hall–Kier alpha value is -2.12. The minimum atomic E-state index is -0.808. The number of piperidine rings is 1. The number of hydrogen-bond acceptors (Lipinski definition) is 5. The summed E-state index contributed by atoms with van der Waals surface area (Å²) < 4.78 is 5.51. The third-order valence-electron chi connectivity index (χ3n) is 5.21. The second-order valence-corrected chi connectivity index (χ2v) is 6.90. The third-order valence-corrected chi connectivity index (χ3v) is 5.21. The molecule has 2 atom stereocenters. The SMILES string of the molecule is CCC(C(=O)O)N1CCC(C(=O)c2ccc3c(c2)NC(=O)C(C)O3)CC1.Cl. The highest BCUT2D eigenvalue weighted by molar-refractivity contribution is 6.02. The highest BCUT2D eigenvalue weighted by atomic mass is 35.5. The highest BCUT2D eigenvalue weighted by Gasteiger charge is 2.32. The molecule has 7 nitrogen and oxygen atoms in total. The van der Waals surface area contributed by atoms with Crippen LogP contribution in [-0.4, -0.2) is 52.9 Å². The summed E-state index contributed by atoms with van der Waals surface area (Å²) in [6.45, 7) is 4.74. The predicted molar refractivity (Wildman–Crippen MR) is 103 cm³/mol. The molecular weight excluding hydrogens is 372 g/mol. The molecular formula is C19H25ClN2O5. The molecule has 2 unspecified atom stereocenters. The summed E-state index contributed by atoms with van der Waals surface area (Å²) in [6, 6.07) is 4.62. The van der Waals surface area contributed by atoms with Gasteiger partial charge in [0.05, 0.1) is 5.69 Å². The van der Waals surface area contributed by atoms with Gasteiger partial charge in [0, 0.05) is 11.5 Å². The molecule has 0 radical (unpaired) electrons. The molecule has 0 bridgehead atoms. The molecule has 8 heteroatoms. The first-order chi connectivity index (χ1) is 12.4. The number of nitrogens with one attached hydrogen (secondary N) is 1. The van der Waals surface area contributed by atoms with Crippen LogP contribution in [0.5, 0.6) is 5.75 Å². The largest absolute Gasteiger partial charge is 0.480 e. The van der Waals surface area contributed by atoms with Gasteiger partial charge in [-0.15, -0.1) is 12.4 Å². The van der Waals surface area contributed by atoms with Gasteiger partial charge in [0.15, 0.2) is 11.9 Å². The lowest BCUT2D eigenvalue weighted by Crippen LogP contribution is -2.46. The van der Waals surface area contributed by atoms with Gasteiger partial charge in [0.25, 0.3) is 5.91 Å². The minimum Gasteiger partial charge on any atom is -0.480 e. The summed E-state index contributed by atoms with van der Waals surface area (Å²) in [6.07, 6.45) is 1.28. The second-order valence-electron chi connectivity index (χ2n) is 6.90. The Morgan fingerprint density at radius 3 is 2.59 bits per heavy atom. The molecule has 2 aliphatic heterocycles. The molecule has 2 N–H and O–H groups in total. The Kier molecular flexibility index (Phi) is 6.84. The number of Topliss-reactive ketones (excluding diaryl/α,β-unsaturated/α-hetero) is 1. The number of anilines is 1. The number of fused-ring (bicyclic) bond motifs is 1. The van der Waals surface area contributed by atoms with Crippen LogP contribution < -0.4 is 10.1 Å². The summed E-state index contributed by atoms with van der Waals surface area (Å²) in [7, 11) is 0. The molecule has 2 heterocycles. The first kappa shape index (κ1) is 21.2. The molecule has 0 saturated carbocycles. The van der Waals surface area contributed by atoms with E-state index in [4.69, 9.17) is 4.74 Å². The van der Waals surface area contributed by atoms with Gasteiger partial charge < -0.3 is 15.2 Å². The fraction of sp³-hybridized carbons (Fsp3) is 0.526. The Labute approximate surface area is 164 Å². The number of hydrogen-bond donors (Lipinski definition) is 2. The Morgan fingerprint density at radius 2 is 2.00 bits per heavy atom. The van der Waals surface area contributed by atoms with E-state index in [1.807, 2.05) is 11.8 Å². The van der Waals surface area contributed by atoms with E-state index in [9.17, 15) is 19.5 Å². The first-order valence-corrected chi connectivity index (χ1v) is 9.03. The number of carbonyl (C=O) groups is 3. The maximum atomic E-state index is 12.8. The lowest BCUT2D eigenvalue weighted by atomic mass is 9.88. The zero-order valence-electron chi connectivity index (χ0n) is 15.4. The monoisotopic (exact) mass is 396 g/mol. The molecule has 1 fully saturated rings. The molecule has 0 aromatic heterocycles. The number of ketones is 1. The van der Waals surface area contributed by atoms with Gasteiger partial charge in [-0.1, -0.05) is 6.92 Å². The molecule has 2 aliphatic rings. The normalized spacial score (nSPS) is 21.3. The average molecular weight is 397 g/mol. The van der Waals surface area contributed by atoms with Gasteiger partial charge in [-0.05, 0) is 57.5 Å². The Morgan fingerprint density at radius 1 is 1.33 bits per heavy atom. The van der Waals surface area contributed by atoms with Crippen molar-refractivity contribution in [1.82, 2.24) is 4.90 Å². The first-order valence-electron chi connectivity index (χ1n) is 9.03. The van der Waals surface area contributed by atoms with Crippen LogP contribution in [-0.2, 0) is 9.59 Å². The summed E-state index contributed by atoms with van der Waals surface area (Å²) in [5.41, 5.74) is 1.07. The van der Waals surface area contributed by atoms with E-state index >= 15 is 0 Å². The number of carboxylic acids is 1. The predicted octanol–water partition coefficient (Wildman–Crippen LogP) is 2.59. The Bertz CT molecular complexity index is 731. The molecule has 1 amide bonds. The van der Waals surface area contributed by atoms with Crippen LogP contribution >= 0.6 is 12.4 Å². The van der Waals surface area contributed by atoms with Crippen molar-refractivity contribution in [2.24, 2.45) is 5.92 Å². The van der Waals surface area contributed by atoms with E-state index in [1.165, 1.54) is 0 Å². The van der Waals surface area contributed by atoms with E-state index in [-0.39, 0.29) is 30.0 Å². The van der Waals surface area contributed by atoms with E-state index < -0.39 is 18.1 Å². The molecule has 1 aromatic rings. The number of carboxylic acid groups (broad SMARTS) is 1. The lowest BCUT2D eigenvalue weighted by Gasteiger charge is -2.34. The van der Waals surface area contributed by atoms with Gasteiger partial charge in [-0.2, -0.15) is 0 Å². The van der Waals surface area contributed by atoms with Crippen molar-refractivity contribution in [3.05, 3.63) is 23.8 Å². The standard InChI is InChI=1S/C19H24N2O5.ClH/c1-3-15(19(24)25)21-8-6-12(7-9-21)17(22)13-4-5-16-14(10-13)20-18(23)11(2)26-16;/h4-5,10-12,15H,3,6-9H2,1-2H3,(H,20,23)(H,24,25);1H. The summed E-state index contributed by atoms with van der Waals surface area (Å²) in [5.74, 6) is -0.569. The average Bonchev–Trinajstić information content (AvgIpc) is 2.62. The van der Waals surface area contributed by atoms with E-state index in [2.05, 4.69) is 5.32 Å². The molecule has 27 heavy (non-hydrogen) atoms. The summed E-state index contributed by atoms with van der Waals surface area (Å²) in [4.78, 5) is 37.8. The third kappa shape index (κ3) is 4.42. The number of rotatable bonds is 5. The number of likely N-dealkylation sites (tertiary alicyclic amines) is 1. The quantitative estimate of drug-likeness (QED) is 0.742. The zero-order chi connectivity index (χ0) is 18.8. The van der Waals surface area contributed by atoms with Crippen LogP contribution in [0.25, 0.3) is 0 Å². The van der Waals surface area contributed by atoms with Gasteiger partial charge >= 0.3 is 5.97 Å². The minimum absolute atomic E-state index is 0. The van der Waals surface area contributed by atoms with Crippen LogP contribution in [0.1, 0.15) is 43.5 Å². The number of aliphatic carboxylic acids is 1. The molecule has 3 rings (SSSR count). The maximum absolute atomic E-state index is 12.8. The summed E-state index contributed by atoms with van der Waals surface area (Å²) in [5, 5.41) is 12.0. The van der Waals surface area contributed by atoms with E-state index in [0.717, 1.165) is 0 Å². The van der Waals surface area contributed by atoms with Crippen LogP contribution in [0.2, 0.25) is 0 Å². The van der Waals surface area contributed by atoms with E-state index in [1.54, 1.807) is 25.1 Å². The molecule has 148 valence electrons. The maximum Gasteiger partial charge on any atom is 0.320 e. The molecule has 0 aliphatic carbocycles. The van der Waals surface area contributed by atoms with Gasteiger partial charge in [0.1, 0.15) is 11.8 Å². The van der Waals surface area contributed by atoms with Crippen LogP contribution in [0.3, 0.4) is 0 Å². The Balaban J connectivity index is 0.00000261. The number of halogens is 1. The van der Waals surface area contributed by atoms with Gasteiger partial charge in [-0.25, -0.2) is 0 Å². The highest BCUT2D eigenvalue weighted by Crippen LogP contribution is 2.32. The van der Waals surface area contributed by atoms with Crippen LogP contribution in [0.15, 0.2) is 18.2 Å². The van der Waals surface area contributed by atoms with Gasteiger partial charge in [-0.3, -0.25) is 19.3 Å². The second kappa shape index (κ2) is 8.71. The fourth-order valence-corrected chi connectivity index (χ4v) is 3.66. The summed E-state index contributed by atoms with van der Waals surface area (Å²) >= 11 is 0. The number of benzene rings is 1.